The minimum absolute atomic E-state index is 0. The Bertz CT molecular complexity index is 580. The summed E-state index contributed by atoms with van der Waals surface area (Å²) >= 11 is 1.90. The highest BCUT2D eigenvalue weighted by Gasteiger charge is 2.19. The largest absolute Gasteiger partial charge is 0.493 e. The third-order valence-electron chi connectivity index (χ3n) is 4.45. The lowest BCUT2D eigenvalue weighted by molar-refractivity contribution is -0.122. The molecule has 2 unspecified atom stereocenters. The SMILES string of the molecule is COc1cc(C(C)NC(=O)CC2CSCCN2)ccc1OCCC(C)C.Cl. The number of halogens is 1. The van der Waals surface area contributed by atoms with Crippen molar-refractivity contribution in [2.75, 3.05) is 31.8 Å². The zero-order valence-electron chi connectivity index (χ0n) is 16.7. The van der Waals surface area contributed by atoms with Crippen LogP contribution in [-0.4, -0.2) is 43.7 Å². The third-order valence-corrected chi connectivity index (χ3v) is 5.58. The lowest BCUT2D eigenvalue weighted by atomic mass is 10.1. The molecule has 0 aromatic heterocycles. The van der Waals surface area contributed by atoms with Crippen LogP contribution in [0.1, 0.15) is 45.2 Å². The summed E-state index contributed by atoms with van der Waals surface area (Å²) in [7, 11) is 1.64. The van der Waals surface area contributed by atoms with Crippen LogP contribution < -0.4 is 20.1 Å². The fourth-order valence-electron chi connectivity index (χ4n) is 2.84. The van der Waals surface area contributed by atoms with Gasteiger partial charge in [0, 0.05) is 30.5 Å². The summed E-state index contributed by atoms with van der Waals surface area (Å²) in [5, 5.41) is 6.49. The van der Waals surface area contributed by atoms with Gasteiger partial charge >= 0.3 is 0 Å². The molecule has 0 radical (unpaired) electrons. The third kappa shape index (κ3) is 8.20. The first-order valence-electron chi connectivity index (χ1n) is 9.40. The second-order valence-corrected chi connectivity index (χ2v) is 8.31. The molecule has 154 valence electrons. The first kappa shape index (κ1) is 23.9. The molecule has 7 heteroatoms. The van der Waals surface area contributed by atoms with E-state index in [2.05, 4.69) is 24.5 Å². The molecule has 1 amide bonds. The minimum atomic E-state index is -0.0719. The van der Waals surface area contributed by atoms with Crippen molar-refractivity contribution in [3.63, 3.8) is 0 Å². The standard InChI is InChI=1S/C20H32N2O3S.ClH/c1-14(2)7-9-25-18-6-5-16(11-19(18)24-4)15(3)22-20(23)12-17-13-26-10-8-21-17;/h5-6,11,14-15,17,21H,7-10,12-13H2,1-4H3,(H,22,23);1H. The van der Waals surface area contributed by atoms with Gasteiger partial charge in [-0.3, -0.25) is 4.79 Å². The van der Waals surface area contributed by atoms with Gasteiger partial charge in [0.2, 0.25) is 5.91 Å². The summed E-state index contributed by atoms with van der Waals surface area (Å²) in [6, 6.07) is 6.07. The lowest BCUT2D eigenvalue weighted by Gasteiger charge is -2.23. The van der Waals surface area contributed by atoms with Crippen LogP contribution in [0.25, 0.3) is 0 Å². The topological polar surface area (TPSA) is 59.6 Å². The van der Waals surface area contributed by atoms with E-state index >= 15 is 0 Å². The van der Waals surface area contributed by atoms with E-state index in [-0.39, 0.29) is 30.4 Å². The van der Waals surface area contributed by atoms with Crippen LogP contribution in [0.5, 0.6) is 11.5 Å². The number of nitrogens with one attached hydrogen (secondary N) is 2. The van der Waals surface area contributed by atoms with Crippen molar-refractivity contribution >= 4 is 30.1 Å². The van der Waals surface area contributed by atoms with Gasteiger partial charge in [-0.05, 0) is 37.0 Å². The van der Waals surface area contributed by atoms with Crippen molar-refractivity contribution in [1.29, 1.82) is 0 Å². The Labute approximate surface area is 173 Å². The molecular weight excluding hydrogens is 384 g/mol. The van der Waals surface area contributed by atoms with E-state index in [4.69, 9.17) is 9.47 Å². The maximum atomic E-state index is 12.3. The number of rotatable bonds is 9. The lowest BCUT2D eigenvalue weighted by Crippen LogP contribution is -2.41. The molecule has 0 saturated carbocycles. The summed E-state index contributed by atoms with van der Waals surface area (Å²) in [6.45, 7) is 8.00. The molecule has 5 nitrogen and oxygen atoms in total. The molecule has 1 aromatic rings. The van der Waals surface area contributed by atoms with Gasteiger partial charge in [0.05, 0.1) is 19.8 Å². The molecule has 27 heavy (non-hydrogen) atoms. The van der Waals surface area contributed by atoms with Crippen LogP contribution in [0.4, 0.5) is 0 Å². The highest BCUT2D eigenvalue weighted by Crippen LogP contribution is 2.30. The van der Waals surface area contributed by atoms with Gasteiger partial charge in [-0.15, -0.1) is 12.4 Å². The molecule has 1 aliphatic rings. The van der Waals surface area contributed by atoms with Gasteiger partial charge in [0.1, 0.15) is 0 Å². The number of carbonyl (C=O) groups is 1. The van der Waals surface area contributed by atoms with Crippen LogP contribution in [0.2, 0.25) is 0 Å². The summed E-state index contributed by atoms with van der Waals surface area (Å²) in [5.41, 5.74) is 1.01. The number of hydrogen-bond acceptors (Lipinski definition) is 5. The number of methoxy groups -OCH3 is 1. The molecular formula is C20H33ClN2O3S. The van der Waals surface area contributed by atoms with Crippen molar-refractivity contribution in [2.45, 2.75) is 45.7 Å². The summed E-state index contributed by atoms with van der Waals surface area (Å²) in [5.74, 6) is 4.26. The Kier molecular flexibility index (Phi) is 11.0. The van der Waals surface area contributed by atoms with Crippen molar-refractivity contribution in [3.05, 3.63) is 23.8 Å². The minimum Gasteiger partial charge on any atom is -0.493 e. The molecule has 1 saturated heterocycles. The van der Waals surface area contributed by atoms with Gasteiger partial charge in [0.25, 0.3) is 0 Å². The molecule has 1 fully saturated rings. The monoisotopic (exact) mass is 416 g/mol. The highest BCUT2D eigenvalue weighted by atomic mass is 35.5. The summed E-state index contributed by atoms with van der Waals surface area (Å²) in [6.07, 6.45) is 1.52. The fourth-order valence-corrected chi connectivity index (χ4v) is 3.78. The highest BCUT2D eigenvalue weighted by molar-refractivity contribution is 7.99. The average molecular weight is 417 g/mol. The van der Waals surface area contributed by atoms with E-state index < -0.39 is 0 Å². The number of benzene rings is 1. The molecule has 0 bridgehead atoms. The quantitative estimate of drug-likeness (QED) is 0.640. The Morgan fingerprint density at radius 3 is 2.74 bits per heavy atom. The van der Waals surface area contributed by atoms with Crippen LogP contribution in [-0.2, 0) is 4.79 Å². The number of carbonyl (C=O) groups excluding carboxylic acids is 1. The van der Waals surface area contributed by atoms with Gasteiger partial charge < -0.3 is 20.1 Å². The van der Waals surface area contributed by atoms with E-state index in [9.17, 15) is 4.79 Å². The Hall–Kier alpha value is -1.11. The molecule has 2 N–H and O–H groups in total. The van der Waals surface area contributed by atoms with Gasteiger partial charge in [-0.2, -0.15) is 11.8 Å². The number of hydrogen-bond donors (Lipinski definition) is 2. The van der Waals surface area contributed by atoms with Gasteiger partial charge in [0.15, 0.2) is 11.5 Å². The predicted octanol–water partition coefficient (Wildman–Crippen LogP) is 3.81. The molecule has 1 aromatic carbocycles. The average Bonchev–Trinajstić information content (AvgIpc) is 2.62. The zero-order chi connectivity index (χ0) is 18.9. The zero-order valence-corrected chi connectivity index (χ0v) is 18.4. The van der Waals surface area contributed by atoms with E-state index in [0.717, 1.165) is 35.8 Å². The van der Waals surface area contributed by atoms with E-state index in [1.54, 1.807) is 7.11 Å². The van der Waals surface area contributed by atoms with Gasteiger partial charge in [-0.1, -0.05) is 19.9 Å². The first-order valence-corrected chi connectivity index (χ1v) is 10.6. The Morgan fingerprint density at radius 2 is 2.11 bits per heavy atom. The Balaban J connectivity index is 0.00000364. The summed E-state index contributed by atoms with van der Waals surface area (Å²) in [4.78, 5) is 12.3. The molecule has 2 atom stereocenters. The van der Waals surface area contributed by atoms with Crippen molar-refractivity contribution in [3.8, 4) is 11.5 Å². The number of thioether (sulfide) groups is 1. The van der Waals surface area contributed by atoms with Crippen molar-refractivity contribution in [2.24, 2.45) is 5.92 Å². The second kappa shape index (κ2) is 12.4. The van der Waals surface area contributed by atoms with Crippen molar-refractivity contribution in [1.82, 2.24) is 10.6 Å². The van der Waals surface area contributed by atoms with Crippen LogP contribution >= 0.6 is 24.2 Å². The Morgan fingerprint density at radius 1 is 1.33 bits per heavy atom. The van der Waals surface area contributed by atoms with Crippen LogP contribution in [0.15, 0.2) is 18.2 Å². The molecule has 0 spiro atoms. The number of ether oxygens (including phenoxy) is 2. The van der Waals surface area contributed by atoms with Gasteiger partial charge in [-0.25, -0.2) is 0 Å². The molecule has 2 rings (SSSR count). The molecule has 0 aliphatic carbocycles. The maximum absolute atomic E-state index is 12.3. The van der Waals surface area contributed by atoms with E-state index in [1.165, 1.54) is 0 Å². The first-order chi connectivity index (χ1) is 12.5. The smallest absolute Gasteiger partial charge is 0.222 e. The predicted molar refractivity (Wildman–Crippen MR) is 115 cm³/mol. The fraction of sp³-hybridized carbons (Fsp3) is 0.650. The molecule has 1 aliphatic heterocycles. The maximum Gasteiger partial charge on any atom is 0.222 e. The molecule has 1 heterocycles. The normalized spacial score (nSPS) is 17.7. The van der Waals surface area contributed by atoms with E-state index in [1.807, 2.05) is 36.9 Å². The van der Waals surface area contributed by atoms with E-state index in [0.29, 0.717) is 24.7 Å². The number of amides is 1. The van der Waals surface area contributed by atoms with Crippen LogP contribution in [0, 0.1) is 5.92 Å². The summed E-state index contributed by atoms with van der Waals surface area (Å²) < 4.78 is 11.3. The second-order valence-electron chi connectivity index (χ2n) is 7.16. The van der Waals surface area contributed by atoms with Crippen LogP contribution in [0.3, 0.4) is 0 Å². The van der Waals surface area contributed by atoms with Crippen molar-refractivity contribution < 1.29 is 14.3 Å².